The van der Waals surface area contributed by atoms with E-state index < -0.39 is 4.92 Å². The van der Waals surface area contributed by atoms with Gasteiger partial charge in [0.05, 0.1) is 25.4 Å². The normalized spacial score (nSPS) is 14.0. The Balaban J connectivity index is 1.56. The number of anilines is 4. The monoisotopic (exact) mass is 493 g/mol. The molecule has 1 aromatic heterocycles. The first-order valence-corrected chi connectivity index (χ1v) is 11.2. The Morgan fingerprint density at radius 3 is 2.33 bits per heavy atom. The fraction of sp³-hybridized carbons (Fsp3) is 0.304. The van der Waals surface area contributed by atoms with E-state index in [2.05, 4.69) is 47.6 Å². The number of non-ortho nitro benzene ring substituents is 1. The number of nitrogens with one attached hydrogen (secondary N) is 2. The maximum Gasteiger partial charge on any atom is 0.269 e. The number of nitro benzene ring substituents is 1. The van der Waals surface area contributed by atoms with Crippen LogP contribution in [0.15, 0.2) is 47.6 Å². The SMILES string of the molecule is COc1ccc(/C=N/Nc2nc(Nc3ccc([N+](=O)[O-])cc3)nc(N3CCN(C)CC3)n2)cc1OC. The van der Waals surface area contributed by atoms with Gasteiger partial charge in [-0.1, -0.05) is 0 Å². The van der Waals surface area contributed by atoms with E-state index in [0.717, 1.165) is 31.7 Å². The molecule has 3 aromatic rings. The molecule has 13 nitrogen and oxygen atoms in total. The van der Waals surface area contributed by atoms with E-state index in [-0.39, 0.29) is 17.6 Å². The van der Waals surface area contributed by atoms with Gasteiger partial charge >= 0.3 is 0 Å². The molecular weight excluding hydrogens is 466 g/mol. The van der Waals surface area contributed by atoms with Gasteiger partial charge in [0.15, 0.2) is 11.5 Å². The highest BCUT2D eigenvalue weighted by molar-refractivity contribution is 5.81. The Hall–Kier alpha value is -4.52. The lowest BCUT2D eigenvalue weighted by Crippen LogP contribution is -2.45. The second-order valence-electron chi connectivity index (χ2n) is 7.99. The van der Waals surface area contributed by atoms with Gasteiger partial charge in [0, 0.05) is 44.0 Å². The molecule has 36 heavy (non-hydrogen) atoms. The van der Waals surface area contributed by atoms with Crippen LogP contribution in [0.25, 0.3) is 0 Å². The minimum absolute atomic E-state index is 0.00109. The topological polar surface area (TPSA) is 143 Å². The molecular formula is C23H27N9O4. The highest BCUT2D eigenvalue weighted by Crippen LogP contribution is 2.27. The quantitative estimate of drug-likeness (QED) is 0.258. The molecule has 1 aliphatic heterocycles. The van der Waals surface area contributed by atoms with Crippen molar-refractivity contribution >= 4 is 35.4 Å². The van der Waals surface area contributed by atoms with E-state index in [1.807, 2.05) is 6.07 Å². The zero-order valence-electron chi connectivity index (χ0n) is 20.2. The van der Waals surface area contributed by atoms with Crippen molar-refractivity contribution in [2.24, 2.45) is 5.10 Å². The third-order valence-electron chi connectivity index (χ3n) is 5.53. The van der Waals surface area contributed by atoms with Crippen LogP contribution in [-0.2, 0) is 0 Å². The number of methoxy groups -OCH3 is 2. The molecule has 0 spiro atoms. The third-order valence-corrected chi connectivity index (χ3v) is 5.53. The first-order valence-electron chi connectivity index (χ1n) is 11.2. The number of nitro groups is 1. The predicted molar refractivity (Wildman–Crippen MR) is 137 cm³/mol. The van der Waals surface area contributed by atoms with Crippen molar-refractivity contribution in [3.8, 4) is 11.5 Å². The number of piperazine rings is 1. The summed E-state index contributed by atoms with van der Waals surface area (Å²) in [7, 11) is 5.22. The summed E-state index contributed by atoms with van der Waals surface area (Å²) in [6, 6.07) is 11.5. The summed E-state index contributed by atoms with van der Waals surface area (Å²) < 4.78 is 10.6. The van der Waals surface area contributed by atoms with Gasteiger partial charge in [-0.3, -0.25) is 10.1 Å². The molecule has 2 heterocycles. The van der Waals surface area contributed by atoms with Crippen LogP contribution in [0.2, 0.25) is 0 Å². The van der Waals surface area contributed by atoms with Crippen molar-refractivity contribution in [3.63, 3.8) is 0 Å². The van der Waals surface area contributed by atoms with Gasteiger partial charge in [-0.2, -0.15) is 20.1 Å². The van der Waals surface area contributed by atoms with Crippen molar-refractivity contribution in [2.75, 3.05) is 63.1 Å². The molecule has 1 saturated heterocycles. The molecule has 0 saturated carbocycles. The van der Waals surface area contributed by atoms with Crippen molar-refractivity contribution in [1.82, 2.24) is 19.9 Å². The number of nitrogens with zero attached hydrogens (tertiary/aromatic N) is 7. The van der Waals surface area contributed by atoms with E-state index in [9.17, 15) is 10.1 Å². The van der Waals surface area contributed by atoms with E-state index in [1.165, 1.54) is 12.1 Å². The molecule has 2 N–H and O–H groups in total. The Kier molecular flexibility index (Phi) is 7.70. The second kappa shape index (κ2) is 11.3. The molecule has 188 valence electrons. The van der Waals surface area contributed by atoms with Crippen LogP contribution in [0, 0.1) is 10.1 Å². The summed E-state index contributed by atoms with van der Waals surface area (Å²) in [5.74, 6) is 2.26. The lowest BCUT2D eigenvalue weighted by Gasteiger charge is -2.32. The van der Waals surface area contributed by atoms with E-state index in [1.54, 1.807) is 44.7 Å². The van der Waals surface area contributed by atoms with Crippen molar-refractivity contribution in [3.05, 3.63) is 58.1 Å². The smallest absolute Gasteiger partial charge is 0.269 e. The highest BCUT2D eigenvalue weighted by Gasteiger charge is 2.19. The molecule has 1 fully saturated rings. The molecule has 0 unspecified atom stereocenters. The first-order chi connectivity index (χ1) is 17.4. The maximum absolute atomic E-state index is 10.9. The van der Waals surface area contributed by atoms with E-state index in [4.69, 9.17) is 9.47 Å². The van der Waals surface area contributed by atoms with Crippen molar-refractivity contribution < 1.29 is 14.4 Å². The summed E-state index contributed by atoms with van der Waals surface area (Å²) in [5.41, 5.74) is 4.26. The molecule has 0 aliphatic carbocycles. The lowest BCUT2D eigenvalue weighted by molar-refractivity contribution is -0.384. The average molecular weight is 494 g/mol. The molecule has 0 amide bonds. The maximum atomic E-state index is 10.9. The number of hydrogen-bond acceptors (Lipinski definition) is 12. The van der Waals surface area contributed by atoms with E-state index in [0.29, 0.717) is 23.1 Å². The fourth-order valence-electron chi connectivity index (χ4n) is 3.51. The van der Waals surface area contributed by atoms with Crippen LogP contribution in [0.5, 0.6) is 11.5 Å². The minimum Gasteiger partial charge on any atom is -0.493 e. The minimum atomic E-state index is -0.448. The van der Waals surface area contributed by atoms with Gasteiger partial charge in [0.25, 0.3) is 5.69 Å². The molecule has 2 aromatic carbocycles. The summed E-state index contributed by atoms with van der Waals surface area (Å²) in [4.78, 5) is 28.3. The summed E-state index contributed by atoms with van der Waals surface area (Å²) in [6.07, 6.45) is 1.62. The van der Waals surface area contributed by atoms with Crippen LogP contribution in [-0.4, -0.2) is 78.4 Å². The number of ether oxygens (including phenoxy) is 2. The van der Waals surface area contributed by atoms with Gasteiger partial charge in [-0.15, -0.1) is 0 Å². The predicted octanol–water partition coefficient (Wildman–Crippen LogP) is 2.74. The van der Waals surface area contributed by atoms with E-state index >= 15 is 0 Å². The van der Waals surface area contributed by atoms with Crippen LogP contribution in [0.1, 0.15) is 5.56 Å². The summed E-state index contributed by atoms with van der Waals surface area (Å²) in [5, 5.41) is 18.3. The Morgan fingerprint density at radius 1 is 0.972 bits per heavy atom. The van der Waals surface area contributed by atoms with Crippen molar-refractivity contribution in [2.45, 2.75) is 0 Å². The molecule has 0 radical (unpaired) electrons. The number of aromatic nitrogens is 3. The molecule has 1 aliphatic rings. The molecule has 0 bridgehead atoms. The largest absolute Gasteiger partial charge is 0.493 e. The number of benzene rings is 2. The summed E-state index contributed by atoms with van der Waals surface area (Å²) in [6.45, 7) is 3.31. The van der Waals surface area contributed by atoms with Crippen LogP contribution in [0.3, 0.4) is 0 Å². The average Bonchev–Trinajstić information content (AvgIpc) is 2.89. The zero-order chi connectivity index (χ0) is 25.5. The zero-order valence-corrected chi connectivity index (χ0v) is 20.2. The van der Waals surface area contributed by atoms with Gasteiger partial charge in [-0.25, -0.2) is 5.43 Å². The summed E-state index contributed by atoms with van der Waals surface area (Å²) >= 11 is 0. The highest BCUT2D eigenvalue weighted by atomic mass is 16.6. The third kappa shape index (κ3) is 6.13. The fourth-order valence-corrected chi connectivity index (χ4v) is 3.51. The molecule has 0 atom stereocenters. The Morgan fingerprint density at radius 2 is 1.67 bits per heavy atom. The van der Waals surface area contributed by atoms with Gasteiger partial charge < -0.3 is 24.6 Å². The van der Waals surface area contributed by atoms with Crippen LogP contribution >= 0.6 is 0 Å². The van der Waals surface area contributed by atoms with Crippen LogP contribution < -0.4 is 25.1 Å². The van der Waals surface area contributed by atoms with Gasteiger partial charge in [-0.05, 0) is 42.9 Å². The van der Waals surface area contributed by atoms with Gasteiger partial charge in [0.1, 0.15) is 0 Å². The number of hydrogen-bond donors (Lipinski definition) is 2. The number of rotatable bonds is 9. The van der Waals surface area contributed by atoms with Gasteiger partial charge in [0.2, 0.25) is 17.8 Å². The lowest BCUT2D eigenvalue weighted by atomic mass is 10.2. The molecule has 4 rings (SSSR count). The molecule has 13 heteroatoms. The second-order valence-corrected chi connectivity index (χ2v) is 7.99. The van der Waals surface area contributed by atoms with Crippen molar-refractivity contribution in [1.29, 1.82) is 0 Å². The van der Waals surface area contributed by atoms with Crippen LogP contribution in [0.4, 0.5) is 29.2 Å². The number of hydrazone groups is 1. The number of likely N-dealkylation sites (N-methyl/N-ethyl adjacent to an activating group) is 1. The Labute approximate surface area is 207 Å². The Bertz CT molecular complexity index is 1230. The first kappa shape index (κ1) is 24.6. The standard InChI is InChI=1S/C23H27N9O4/c1-30-10-12-31(13-11-30)23-27-21(25-17-5-7-18(8-6-17)32(33)34)26-22(28-23)29-24-15-16-4-9-19(35-2)20(14-16)36-3/h4-9,14-15H,10-13H2,1-3H3,(H2,25,26,27,28,29)/b24-15+.